The summed E-state index contributed by atoms with van der Waals surface area (Å²) in [7, 11) is 0. The van der Waals surface area contributed by atoms with Crippen molar-refractivity contribution in [3.05, 3.63) is 72.8 Å². The molecule has 2 aromatic carbocycles. The van der Waals surface area contributed by atoms with Crippen LogP contribution in [-0.4, -0.2) is 94.9 Å². The van der Waals surface area contributed by atoms with Gasteiger partial charge >= 0.3 is 0 Å². The van der Waals surface area contributed by atoms with Crippen LogP contribution in [0.5, 0.6) is 0 Å². The molecule has 4 aromatic rings. The zero-order valence-corrected chi connectivity index (χ0v) is 27.0. The van der Waals surface area contributed by atoms with Crippen LogP contribution in [0.3, 0.4) is 0 Å². The van der Waals surface area contributed by atoms with Crippen molar-refractivity contribution in [3.63, 3.8) is 0 Å². The van der Waals surface area contributed by atoms with Crippen LogP contribution in [0.4, 0.5) is 17.2 Å². The third kappa shape index (κ3) is 7.78. The second kappa shape index (κ2) is 15.2. The van der Waals surface area contributed by atoms with E-state index >= 15 is 0 Å². The van der Waals surface area contributed by atoms with Crippen molar-refractivity contribution in [2.24, 2.45) is 0 Å². The summed E-state index contributed by atoms with van der Waals surface area (Å²) >= 11 is 0. The Morgan fingerprint density at radius 2 is 1.70 bits per heavy atom. The maximum absolute atomic E-state index is 12.5. The highest BCUT2D eigenvalue weighted by Gasteiger charge is 2.33. The molecule has 0 radical (unpaired) electrons. The van der Waals surface area contributed by atoms with Gasteiger partial charge in [0.15, 0.2) is 17.0 Å². The Morgan fingerprint density at radius 1 is 0.935 bits per heavy atom. The maximum atomic E-state index is 12.5. The molecule has 3 fully saturated rings. The summed E-state index contributed by atoms with van der Waals surface area (Å²) in [6.07, 6.45) is 8.25. The van der Waals surface area contributed by atoms with E-state index in [1.807, 2.05) is 36.7 Å². The number of hydrogen-bond acceptors (Lipinski definition) is 9. The molecule has 46 heavy (non-hydrogen) atoms. The summed E-state index contributed by atoms with van der Waals surface area (Å²) in [6, 6.07) is 18.8. The van der Waals surface area contributed by atoms with Gasteiger partial charge in [-0.15, -0.1) is 12.4 Å². The van der Waals surface area contributed by atoms with Crippen molar-refractivity contribution in [2.75, 3.05) is 62.6 Å². The number of nitrogens with one attached hydrogen (secondary N) is 3. The lowest BCUT2D eigenvalue weighted by molar-refractivity contribution is -0.121. The predicted octanol–water partition coefficient (Wildman–Crippen LogP) is 3.94. The van der Waals surface area contributed by atoms with Gasteiger partial charge in [-0.25, -0.2) is 15.0 Å². The number of amides is 1. The van der Waals surface area contributed by atoms with E-state index in [0.717, 1.165) is 101 Å². The number of nitrogens with zero attached hydrogens (tertiary/aromatic N) is 6. The molecule has 4 heterocycles. The lowest BCUT2D eigenvalue weighted by Gasteiger charge is -2.36. The molecule has 2 aromatic heterocycles. The first kappa shape index (κ1) is 32.2. The number of carbonyl (C=O) groups is 1. The summed E-state index contributed by atoms with van der Waals surface area (Å²) in [5.74, 6) is 0.759. The zero-order chi connectivity index (χ0) is 30.4. The molecule has 0 atom stereocenters. The number of anilines is 3. The normalized spacial score (nSPS) is 20.6. The van der Waals surface area contributed by atoms with E-state index < -0.39 is 0 Å². The van der Waals surface area contributed by atoms with E-state index in [0.29, 0.717) is 18.3 Å². The lowest BCUT2D eigenvalue weighted by atomic mass is 9.86. The monoisotopic (exact) mass is 645 g/mol. The third-order valence-corrected chi connectivity index (χ3v) is 9.35. The molecule has 11 nitrogen and oxygen atoms in total. The van der Waals surface area contributed by atoms with Gasteiger partial charge in [-0.3, -0.25) is 9.69 Å². The minimum atomic E-state index is 0. The molecule has 1 aliphatic carbocycles. The first-order valence-corrected chi connectivity index (χ1v) is 16.4. The standard InChI is InChI=1S/C34H43N9O2.ClH/c44-31(20-25-4-2-1-3-5-25)39-27-21-29(22-27)43-24-38-32-33(36-23-37-34(32)43)40-26-6-8-28(9-7-26)42-16-14-41(15-17-42)18-19-45-30-10-12-35-13-11-30;/h1-9,23-24,27,29-30,35H,10-22H2,(H,39,44)(H,36,37,40);1H. The van der Waals surface area contributed by atoms with Crippen LogP contribution < -0.4 is 20.9 Å². The fraction of sp³-hybridized carbons (Fsp3) is 0.471. The molecule has 2 aliphatic heterocycles. The molecule has 1 saturated carbocycles. The minimum absolute atomic E-state index is 0. The molecule has 244 valence electrons. The minimum Gasteiger partial charge on any atom is -0.377 e. The number of aromatic nitrogens is 4. The van der Waals surface area contributed by atoms with Crippen LogP contribution in [0.1, 0.15) is 37.3 Å². The van der Waals surface area contributed by atoms with Crippen LogP contribution >= 0.6 is 12.4 Å². The fourth-order valence-corrected chi connectivity index (χ4v) is 6.64. The number of piperazine rings is 1. The van der Waals surface area contributed by atoms with E-state index in [4.69, 9.17) is 4.74 Å². The third-order valence-electron chi connectivity index (χ3n) is 9.35. The summed E-state index contributed by atoms with van der Waals surface area (Å²) in [4.78, 5) is 31.2. The van der Waals surface area contributed by atoms with Gasteiger partial charge in [0.2, 0.25) is 5.91 Å². The maximum Gasteiger partial charge on any atom is 0.224 e. The number of carbonyl (C=O) groups excluding carboxylic acids is 1. The lowest BCUT2D eigenvalue weighted by Crippen LogP contribution is -2.47. The Balaban J connectivity index is 0.00000372. The Morgan fingerprint density at radius 3 is 2.46 bits per heavy atom. The Bertz CT molecular complexity index is 1550. The molecule has 0 bridgehead atoms. The van der Waals surface area contributed by atoms with Gasteiger partial charge in [-0.05, 0) is 68.6 Å². The molecular weight excluding hydrogens is 602 g/mol. The summed E-state index contributed by atoms with van der Waals surface area (Å²) in [5.41, 5.74) is 4.78. The molecule has 3 N–H and O–H groups in total. The molecule has 7 rings (SSSR count). The molecule has 12 heteroatoms. The van der Waals surface area contributed by atoms with Gasteiger partial charge in [0.25, 0.3) is 0 Å². The van der Waals surface area contributed by atoms with Gasteiger partial charge in [0.1, 0.15) is 6.33 Å². The number of fused-ring (bicyclic) bond motifs is 1. The summed E-state index contributed by atoms with van der Waals surface area (Å²) in [5, 5.41) is 10.0. The highest BCUT2D eigenvalue weighted by molar-refractivity contribution is 5.86. The first-order valence-electron chi connectivity index (χ1n) is 16.4. The number of ether oxygens (including phenoxy) is 1. The first-order chi connectivity index (χ1) is 22.2. The highest BCUT2D eigenvalue weighted by Crippen LogP contribution is 2.35. The molecule has 1 amide bonds. The molecule has 3 aliphatic rings. The van der Waals surface area contributed by atoms with Crippen LogP contribution in [0, 0.1) is 0 Å². The SMILES string of the molecule is Cl.O=C(Cc1ccccc1)NC1CC(n2cnc3c(Nc4ccc(N5CCN(CCOC6CCNCC6)CC5)cc4)ncnc32)C1. The van der Waals surface area contributed by atoms with Gasteiger partial charge < -0.3 is 30.2 Å². The van der Waals surface area contributed by atoms with Gasteiger partial charge in [-0.2, -0.15) is 0 Å². The van der Waals surface area contributed by atoms with Crippen molar-refractivity contribution in [1.82, 2.24) is 35.1 Å². The van der Waals surface area contributed by atoms with Gasteiger partial charge in [-0.1, -0.05) is 30.3 Å². The fourth-order valence-electron chi connectivity index (χ4n) is 6.64. The summed E-state index contributed by atoms with van der Waals surface area (Å²) < 4.78 is 8.23. The van der Waals surface area contributed by atoms with Gasteiger partial charge in [0.05, 0.1) is 25.5 Å². The van der Waals surface area contributed by atoms with E-state index in [-0.39, 0.29) is 30.4 Å². The average Bonchev–Trinajstić information content (AvgIpc) is 3.49. The second-order valence-corrected chi connectivity index (χ2v) is 12.4. The largest absolute Gasteiger partial charge is 0.377 e. The molecule has 2 saturated heterocycles. The summed E-state index contributed by atoms with van der Waals surface area (Å²) in [6.45, 7) is 8.13. The number of benzene rings is 2. The second-order valence-electron chi connectivity index (χ2n) is 12.4. The Labute approximate surface area is 276 Å². The van der Waals surface area contributed by atoms with Crippen LogP contribution in [0.2, 0.25) is 0 Å². The van der Waals surface area contributed by atoms with E-state index in [1.54, 1.807) is 6.33 Å². The number of imidazole rings is 1. The van der Waals surface area contributed by atoms with Crippen LogP contribution in [0.25, 0.3) is 11.2 Å². The van der Waals surface area contributed by atoms with Gasteiger partial charge in [0, 0.05) is 56.2 Å². The Kier molecular flexibility index (Phi) is 10.6. The zero-order valence-electron chi connectivity index (χ0n) is 26.2. The van der Waals surface area contributed by atoms with E-state index in [9.17, 15) is 4.79 Å². The van der Waals surface area contributed by atoms with Crippen LogP contribution in [0.15, 0.2) is 67.3 Å². The van der Waals surface area contributed by atoms with E-state index in [2.05, 4.69) is 69.5 Å². The number of rotatable bonds is 11. The van der Waals surface area contributed by atoms with Crippen molar-refractivity contribution < 1.29 is 9.53 Å². The molecular formula is C34H44ClN9O2. The highest BCUT2D eigenvalue weighted by atomic mass is 35.5. The molecule has 0 spiro atoms. The smallest absolute Gasteiger partial charge is 0.224 e. The van der Waals surface area contributed by atoms with Crippen molar-refractivity contribution >= 4 is 46.7 Å². The quantitative estimate of drug-likeness (QED) is 0.223. The predicted molar refractivity (Wildman–Crippen MR) is 183 cm³/mol. The van der Waals surface area contributed by atoms with Crippen molar-refractivity contribution in [3.8, 4) is 0 Å². The number of halogens is 1. The van der Waals surface area contributed by atoms with E-state index in [1.165, 1.54) is 5.69 Å². The average molecular weight is 646 g/mol. The molecule has 0 unspecified atom stereocenters. The topological polar surface area (TPSA) is 112 Å². The number of hydrogen-bond donors (Lipinski definition) is 3. The number of piperidine rings is 1. The Hall–Kier alpha value is -3.77. The van der Waals surface area contributed by atoms with Crippen LogP contribution in [-0.2, 0) is 16.0 Å². The van der Waals surface area contributed by atoms with Crippen molar-refractivity contribution in [2.45, 2.75) is 50.3 Å². The van der Waals surface area contributed by atoms with Crippen molar-refractivity contribution in [1.29, 1.82) is 0 Å².